The van der Waals surface area contributed by atoms with Gasteiger partial charge in [-0.25, -0.2) is 0 Å². The van der Waals surface area contributed by atoms with Gasteiger partial charge in [0.15, 0.2) is 5.82 Å². The van der Waals surface area contributed by atoms with Crippen LogP contribution in [0.4, 0.5) is 0 Å². The van der Waals surface area contributed by atoms with Crippen LogP contribution in [0.2, 0.25) is 0 Å². The number of rotatable bonds is 3. The zero-order valence-electron chi connectivity index (χ0n) is 15.1. The second-order valence-corrected chi connectivity index (χ2v) is 7.34. The maximum atomic E-state index is 11.8. The SMILES string of the molecule is CN1CCN(Cc2noc(-c3ccccc3)n2)C[C@@]12CCNC(=O)CC2. The average molecular weight is 355 g/mol. The van der Waals surface area contributed by atoms with Crippen LogP contribution in [-0.2, 0) is 11.3 Å². The zero-order valence-corrected chi connectivity index (χ0v) is 15.1. The van der Waals surface area contributed by atoms with Gasteiger partial charge in [-0.1, -0.05) is 23.4 Å². The highest BCUT2D eigenvalue weighted by Gasteiger charge is 2.41. The lowest BCUT2D eigenvalue weighted by Crippen LogP contribution is -2.60. The minimum Gasteiger partial charge on any atom is -0.356 e. The highest BCUT2D eigenvalue weighted by atomic mass is 16.5. The second-order valence-electron chi connectivity index (χ2n) is 7.34. The van der Waals surface area contributed by atoms with E-state index < -0.39 is 0 Å². The standard InChI is InChI=1S/C19H25N5O2/c1-23-11-12-24(14-19(23)8-7-17(25)20-10-9-19)13-16-21-18(26-22-16)15-5-3-2-4-6-15/h2-6H,7-14H2,1H3,(H,20,25)/t19-/m1/s1. The molecule has 7 nitrogen and oxygen atoms in total. The third-order valence-electron chi connectivity index (χ3n) is 5.66. The first-order valence-corrected chi connectivity index (χ1v) is 9.23. The van der Waals surface area contributed by atoms with Crippen LogP contribution in [0.3, 0.4) is 0 Å². The van der Waals surface area contributed by atoms with Crippen LogP contribution in [0.15, 0.2) is 34.9 Å². The van der Waals surface area contributed by atoms with Crippen LogP contribution >= 0.6 is 0 Å². The summed E-state index contributed by atoms with van der Waals surface area (Å²) in [5, 5.41) is 7.16. The fourth-order valence-electron chi connectivity index (χ4n) is 4.03. The molecule has 0 bridgehead atoms. The molecule has 2 aliphatic rings. The number of hydrogen-bond donors (Lipinski definition) is 1. The van der Waals surface area contributed by atoms with Gasteiger partial charge in [0.2, 0.25) is 5.91 Å². The van der Waals surface area contributed by atoms with Gasteiger partial charge < -0.3 is 9.84 Å². The lowest BCUT2D eigenvalue weighted by molar-refractivity contribution is -0.121. The van der Waals surface area contributed by atoms with Crippen LogP contribution < -0.4 is 5.32 Å². The molecule has 0 radical (unpaired) electrons. The van der Waals surface area contributed by atoms with E-state index >= 15 is 0 Å². The Bertz CT molecular complexity index is 762. The Morgan fingerprint density at radius 1 is 1.23 bits per heavy atom. The molecular weight excluding hydrogens is 330 g/mol. The molecule has 3 heterocycles. The summed E-state index contributed by atoms with van der Waals surface area (Å²) in [5.41, 5.74) is 0.984. The van der Waals surface area contributed by atoms with Gasteiger partial charge >= 0.3 is 0 Å². The molecule has 1 N–H and O–H groups in total. The van der Waals surface area contributed by atoms with Crippen molar-refractivity contribution in [3.63, 3.8) is 0 Å². The Morgan fingerprint density at radius 3 is 2.92 bits per heavy atom. The summed E-state index contributed by atoms with van der Waals surface area (Å²) in [4.78, 5) is 21.1. The highest BCUT2D eigenvalue weighted by Crippen LogP contribution is 2.31. The van der Waals surface area contributed by atoms with Gasteiger partial charge in [0, 0.05) is 43.7 Å². The predicted molar refractivity (Wildman–Crippen MR) is 97.2 cm³/mol. The zero-order chi connectivity index (χ0) is 18.0. The number of likely N-dealkylation sites (N-methyl/N-ethyl adjacent to an activating group) is 1. The van der Waals surface area contributed by atoms with Gasteiger partial charge in [0.05, 0.1) is 6.54 Å². The van der Waals surface area contributed by atoms with Gasteiger partial charge in [-0.05, 0) is 32.0 Å². The van der Waals surface area contributed by atoms with Crippen molar-refractivity contribution in [2.75, 3.05) is 33.2 Å². The first-order valence-electron chi connectivity index (χ1n) is 9.23. The topological polar surface area (TPSA) is 74.5 Å². The molecule has 138 valence electrons. The van der Waals surface area contributed by atoms with Crippen molar-refractivity contribution in [2.24, 2.45) is 0 Å². The Hall–Kier alpha value is -2.25. The van der Waals surface area contributed by atoms with Gasteiger partial charge in [-0.15, -0.1) is 0 Å². The summed E-state index contributed by atoms with van der Waals surface area (Å²) in [6.45, 7) is 4.30. The van der Waals surface area contributed by atoms with Crippen LogP contribution in [0, 0.1) is 0 Å². The Labute approximate surface area is 153 Å². The maximum Gasteiger partial charge on any atom is 0.257 e. The normalized spacial score (nSPS) is 25.2. The first-order chi connectivity index (χ1) is 12.6. The van der Waals surface area contributed by atoms with Gasteiger partial charge in [-0.3, -0.25) is 14.6 Å². The highest BCUT2D eigenvalue weighted by molar-refractivity contribution is 5.76. The molecule has 0 unspecified atom stereocenters. The van der Waals surface area contributed by atoms with Crippen molar-refractivity contribution in [3.05, 3.63) is 36.2 Å². The summed E-state index contributed by atoms with van der Waals surface area (Å²) in [5.74, 6) is 1.44. The van der Waals surface area contributed by atoms with Crippen LogP contribution in [0.25, 0.3) is 11.5 Å². The van der Waals surface area contributed by atoms with Crippen molar-refractivity contribution in [3.8, 4) is 11.5 Å². The predicted octanol–water partition coefficient (Wildman–Crippen LogP) is 1.52. The second kappa shape index (κ2) is 7.17. The van der Waals surface area contributed by atoms with Crippen LogP contribution in [-0.4, -0.2) is 64.6 Å². The Balaban J connectivity index is 1.45. The average Bonchev–Trinajstić information content (AvgIpc) is 3.04. The number of hydrogen-bond acceptors (Lipinski definition) is 6. The Morgan fingerprint density at radius 2 is 2.08 bits per heavy atom. The first kappa shape index (κ1) is 17.2. The quantitative estimate of drug-likeness (QED) is 0.900. The van der Waals surface area contributed by atoms with Crippen LogP contribution in [0.1, 0.15) is 25.1 Å². The lowest BCUT2D eigenvalue weighted by atomic mass is 9.86. The summed E-state index contributed by atoms with van der Waals surface area (Å²) in [6, 6.07) is 9.84. The fourth-order valence-corrected chi connectivity index (χ4v) is 4.03. The van der Waals surface area contributed by atoms with Gasteiger partial charge in [0.25, 0.3) is 5.89 Å². The summed E-state index contributed by atoms with van der Waals surface area (Å²) >= 11 is 0. The van der Waals surface area contributed by atoms with E-state index in [1.807, 2.05) is 30.3 Å². The molecule has 1 atom stereocenters. The third kappa shape index (κ3) is 3.50. The molecular formula is C19H25N5O2. The number of carbonyl (C=O) groups is 1. The van der Waals surface area contributed by atoms with Crippen molar-refractivity contribution in [2.45, 2.75) is 31.3 Å². The van der Waals surface area contributed by atoms with E-state index in [9.17, 15) is 4.79 Å². The number of aromatic nitrogens is 2. The summed E-state index contributed by atoms with van der Waals surface area (Å²) in [6.07, 6.45) is 2.47. The minimum atomic E-state index is 0.0450. The van der Waals surface area contributed by atoms with E-state index in [2.05, 4.69) is 32.3 Å². The molecule has 1 aromatic heterocycles. The van der Waals surface area contributed by atoms with Crippen molar-refractivity contribution < 1.29 is 9.32 Å². The number of nitrogens with zero attached hydrogens (tertiary/aromatic N) is 4. The molecule has 1 amide bonds. The van der Waals surface area contributed by atoms with E-state index in [1.54, 1.807) is 0 Å². The smallest absolute Gasteiger partial charge is 0.257 e. The number of nitrogens with one attached hydrogen (secondary N) is 1. The van der Waals surface area contributed by atoms with Crippen molar-refractivity contribution >= 4 is 5.91 Å². The van der Waals surface area contributed by atoms with Crippen LogP contribution in [0.5, 0.6) is 0 Å². The molecule has 2 saturated heterocycles. The molecule has 2 aliphatic heterocycles. The number of piperazine rings is 1. The molecule has 1 aromatic carbocycles. The van der Waals surface area contributed by atoms with Crippen molar-refractivity contribution in [1.82, 2.24) is 25.3 Å². The number of benzene rings is 1. The van der Waals surface area contributed by atoms with E-state index in [0.29, 0.717) is 24.7 Å². The number of amides is 1. The molecule has 26 heavy (non-hydrogen) atoms. The molecule has 0 aliphatic carbocycles. The monoisotopic (exact) mass is 355 g/mol. The van der Waals surface area contributed by atoms with E-state index in [0.717, 1.165) is 44.6 Å². The molecule has 1 spiro atoms. The maximum absolute atomic E-state index is 11.8. The fraction of sp³-hybridized carbons (Fsp3) is 0.526. The molecule has 7 heteroatoms. The minimum absolute atomic E-state index is 0.0450. The van der Waals surface area contributed by atoms with E-state index in [1.165, 1.54) is 0 Å². The van der Waals surface area contributed by atoms with E-state index in [4.69, 9.17) is 4.52 Å². The van der Waals surface area contributed by atoms with Gasteiger partial charge in [-0.2, -0.15) is 4.98 Å². The summed E-state index contributed by atoms with van der Waals surface area (Å²) in [7, 11) is 2.18. The van der Waals surface area contributed by atoms with E-state index in [-0.39, 0.29) is 11.4 Å². The van der Waals surface area contributed by atoms with Crippen molar-refractivity contribution in [1.29, 1.82) is 0 Å². The molecule has 0 saturated carbocycles. The molecule has 4 rings (SSSR count). The lowest BCUT2D eigenvalue weighted by Gasteiger charge is -2.49. The largest absolute Gasteiger partial charge is 0.356 e. The molecule has 2 aromatic rings. The molecule has 2 fully saturated rings. The van der Waals surface area contributed by atoms with Gasteiger partial charge in [0.1, 0.15) is 0 Å². The summed E-state index contributed by atoms with van der Waals surface area (Å²) < 4.78 is 5.43. The number of carbonyl (C=O) groups excluding carboxylic acids is 1. The Kier molecular flexibility index (Phi) is 4.74. The third-order valence-corrected chi connectivity index (χ3v) is 5.66.